The van der Waals surface area contributed by atoms with Crippen LogP contribution in [0, 0.1) is 6.92 Å². The molecule has 4 heteroatoms. The number of aromatic nitrogens is 1. The summed E-state index contributed by atoms with van der Waals surface area (Å²) in [6.45, 7) is 3.90. The summed E-state index contributed by atoms with van der Waals surface area (Å²) < 4.78 is 6.27. The second kappa shape index (κ2) is 5.27. The van der Waals surface area contributed by atoms with E-state index in [0.29, 0.717) is 6.10 Å². The van der Waals surface area contributed by atoms with Gasteiger partial charge in [0.25, 0.3) is 0 Å². The van der Waals surface area contributed by atoms with Gasteiger partial charge in [0.1, 0.15) is 5.01 Å². The summed E-state index contributed by atoms with van der Waals surface area (Å²) in [4.78, 5) is 4.46. The average molecular weight is 266 g/mol. The number of nitrogens with one attached hydrogen (secondary N) is 1. The fraction of sp³-hybridized carbons (Fsp3) is 0.786. The fourth-order valence-electron chi connectivity index (χ4n) is 3.25. The summed E-state index contributed by atoms with van der Waals surface area (Å²) in [6, 6.07) is 0. The summed E-state index contributed by atoms with van der Waals surface area (Å²) in [7, 11) is 0. The molecule has 1 spiro atoms. The minimum atomic E-state index is 0.268. The standard InChI is InChI=1S/C14H22N2OS/c1-11-10-18-13(16-11)9-15-8-12-4-7-14(17-12)5-2-3-6-14/h10,12,15H,2-9H2,1H3. The van der Waals surface area contributed by atoms with Gasteiger partial charge in [0.05, 0.1) is 11.7 Å². The first kappa shape index (κ1) is 12.6. The first-order chi connectivity index (χ1) is 8.76. The lowest BCUT2D eigenvalue weighted by molar-refractivity contribution is -0.0351. The Hall–Kier alpha value is -0.450. The molecule has 0 aromatic carbocycles. The summed E-state index contributed by atoms with van der Waals surface area (Å²) in [5, 5.41) is 6.78. The second-order valence-electron chi connectivity index (χ2n) is 5.68. The number of hydrogen-bond donors (Lipinski definition) is 1. The smallest absolute Gasteiger partial charge is 0.107 e. The van der Waals surface area contributed by atoms with Crippen molar-refractivity contribution in [3.63, 3.8) is 0 Å². The Labute approximate surface area is 113 Å². The maximum absolute atomic E-state index is 6.27. The van der Waals surface area contributed by atoms with Gasteiger partial charge in [0.2, 0.25) is 0 Å². The third-order valence-corrected chi connectivity index (χ3v) is 5.13. The Morgan fingerprint density at radius 1 is 1.44 bits per heavy atom. The van der Waals surface area contributed by atoms with Gasteiger partial charge < -0.3 is 10.1 Å². The molecule has 1 saturated carbocycles. The van der Waals surface area contributed by atoms with E-state index >= 15 is 0 Å². The van der Waals surface area contributed by atoms with Gasteiger partial charge in [-0.2, -0.15) is 0 Å². The van der Waals surface area contributed by atoms with Crippen LogP contribution in [0.3, 0.4) is 0 Å². The van der Waals surface area contributed by atoms with Crippen molar-refractivity contribution in [3.05, 3.63) is 16.1 Å². The predicted octanol–water partition coefficient (Wildman–Crippen LogP) is 3.03. The molecule has 0 amide bonds. The van der Waals surface area contributed by atoms with Crippen molar-refractivity contribution in [1.82, 2.24) is 10.3 Å². The van der Waals surface area contributed by atoms with Gasteiger partial charge in [-0.25, -0.2) is 4.98 Å². The molecule has 0 bridgehead atoms. The molecule has 2 heterocycles. The molecule has 100 valence electrons. The molecule has 0 radical (unpaired) electrons. The van der Waals surface area contributed by atoms with Crippen molar-refractivity contribution < 1.29 is 4.74 Å². The van der Waals surface area contributed by atoms with Crippen LogP contribution in [0.15, 0.2) is 5.38 Å². The SMILES string of the molecule is Cc1csc(CNCC2CCC3(CCCC3)O2)n1. The van der Waals surface area contributed by atoms with Crippen LogP contribution < -0.4 is 5.32 Å². The van der Waals surface area contributed by atoms with E-state index in [-0.39, 0.29) is 5.60 Å². The van der Waals surface area contributed by atoms with Crippen molar-refractivity contribution in [2.45, 2.75) is 63.7 Å². The molecule has 1 aliphatic carbocycles. The summed E-state index contributed by atoms with van der Waals surface area (Å²) in [5.41, 5.74) is 1.39. The highest BCUT2D eigenvalue weighted by atomic mass is 32.1. The monoisotopic (exact) mass is 266 g/mol. The molecule has 3 rings (SSSR count). The predicted molar refractivity (Wildman–Crippen MR) is 73.9 cm³/mol. The maximum atomic E-state index is 6.27. The highest BCUT2D eigenvalue weighted by molar-refractivity contribution is 7.09. The molecule has 1 atom stereocenters. The van der Waals surface area contributed by atoms with E-state index in [1.54, 1.807) is 11.3 Å². The van der Waals surface area contributed by atoms with Gasteiger partial charge in [-0.05, 0) is 32.6 Å². The van der Waals surface area contributed by atoms with Crippen molar-refractivity contribution in [1.29, 1.82) is 0 Å². The van der Waals surface area contributed by atoms with Crippen molar-refractivity contribution in [3.8, 4) is 0 Å². The zero-order chi connectivity index (χ0) is 12.4. The number of hydrogen-bond acceptors (Lipinski definition) is 4. The Morgan fingerprint density at radius 3 is 3.00 bits per heavy atom. The van der Waals surface area contributed by atoms with E-state index in [1.807, 2.05) is 6.92 Å². The van der Waals surface area contributed by atoms with E-state index in [1.165, 1.54) is 43.5 Å². The van der Waals surface area contributed by atoms with Gasteiger partial charge in [-0.3, -0.25) is 0 Å². The molecule has 1 aliphatic heterocycles. The maximum Gasteiger partial charge on any atom is 0.107 e. The summed E-state index contributed by atoms with van der Waals surface area (Å²) in [5.74, 6) is 0. The minimum Gasteiger partial charge on any atom is -0.370 e. The fourth-order valence-corrected chi connectivity index (χ4v) is 3.99. The molecule has 1 unspecified atom stereocenters. The average Bonchev–Trinajstić information content (AvgIpc) is 3.05. The zero-order valence-corrected chi connectivity index (χ0v) is 11.9. The topological polar surface area (TPSA) is 34.1 Å². The lowest BCUT2D eigenvalue weighted by Gasteiger charge is -2.23. The number of nitrogens with zero attached hydrogens (tertiary/aromatic N) is 1. The van der Waals surface area contributed by atoms with Crippen LogP contribution in [0.1, 0.15) is 49.2 Å². The Morgan fingerprint density at radius 2 is 2.28 bits per heavy atom. The molecule has 2 aliphatic rings. The molecule has 2 fully saturated rings. The number of rotatable bonds is 4. The molecule has 18 heavy (non-hydrogen) atoms. The largest absolute Gasteiger partial charge is 0.370 e. The Bertz CT molecular complexity index is 398. The highest BCUT2D eigenvalue weighted by Crippen LogP contribution is 2.43. The molecular formula is C14H22N2OS. The number of ether oxygens (including phenoxy) is 1. The number of aryl methyl sites for hydroxylation is 1. The van der Waals surface area contributed by atoms with Gasteiger partial charge in [-0.15, -0.1) is 11.3 Å². The van der Waals surface area contributed by atoms with E-state index < -0.39 is 0 Å². The van der Waals surface area contributed by atoms with Crippen molar-refractivity contribution in [2.24, 2.45) is 0 Å². The summed E-state index contributed by atoms with van der Waals surface area (Å²) in [6.07, 6.45) is 8.21. The van der Waals surface area contributed by atoms with E-state index in [0.717, 1.165) is 18.8 Å². The first-order valence-electron chi connectivity index (χ1n) is 7.05. The van der Waals surface area contributed by atoms with Crippen molar-refractivity contribution >= 4 is 11.3 Å². The van der Waals surface area contributed by atoms with Crippen LogP contribution in [0.5, 0.6) is 0 Å². The van der Waals surface area contributed by atoms with Crippen LogP contribution in [-0.4, -0.2) is 23.2 Å². The lowest BCUT2D eigenvalue weighted by Crippen LogP contribution is -2.30. The molecule has 3 nitrogen and oxygen atoms in total. The lowest BCUT2D eigenvalue weighted by atomic mass is 9.98. The molecule has 1 aromatic rings. The van der Waals surface area contributed by atoms with Crippen LogP contribution in [0.25, 0.3) is 0 Å². The van der Waals surface area contributed by atoms with E-state index in [4.69, 9.17) is 4.74 Å². The van der Waals surface area contributed by atoms with Crippen LogP contribution in [0.4, 0.5) is 0 Å². The minimum absolute atomic E-state index is 0.268. The summed E-state index contributed by atoms with van der Waals surface area (Å²) >= 11 is 1.74. The van der Waals surface area contributed by atoms with Gasteiger partial charge in [0.15, 0.2) is 0 Å². The normalized spacial score (nSPS) is 26.2. The first-order valence-corrected chi connectivity index (χ1v) is 7.93. The van der Waals surface area contributed by atoms with Gasteiger partial charge in [0, 0.05) is 24.2 Å². The van der Waals surface area contributed by atoms with Gasteiger partial charge >= 0.3 is 0 Å². The highest BCUT2D eigenvalue weighted by Gasteiger charge is 2.41. The third kappa shape index (κ3) is 2.76. The molecule has 1 saturated heterocycles. The van der Waals surface area contributed by atoms with Crippen molar-refractivity contribution in [2.75, 3.05) is 6.54 Å². The molecular weight excluding hydrogens is 244 g/mol. The Kier molecular flexibility index (Phi) is 3.68. The van der Waals surface area contributed by atoms with Crippen LogP contribution >= 0.6 is 11.3 Å². The van der Waals surface area contributed by atoms with Crippen LogP contribution in [0.2, 0.25) is 0 Å². The quantitative estimate of drug-likeness (QED) is 0.909. The zero-order valence-electron chi connectivity index (χ0n) is 11.1. The molecule has 1 N–H and O–H groups in total. The third-order valence-electron chi connectivity index (χ3n) is 4.17. The van der Waals surface area contributed by atoms with Gasteiger partial charge in [-0.1, -0.05) is 12.8 Å². The number of thiazole rings is 1. The second-order valence-corrected chi connectivity index (χ2v) is 6.62. The van der Waals surface area contributed by atoms with E-state index in [2.05, 4.69) is 15.7 Å². The van der Waals surface area contributed by atoms with Crippen LogP contribution in [-0.2, 0) is 11.3 Å². The Balaban J connectivity index is 1.42. The molecule has 1 aromatic heterocycles. The van der Waals surface area contributed by atoms with E-state index in [9.17, 15) is 0 Å².